The highest BCUT2D eigenvalue weighted by molar-refractivity contribution is 5.80. The summed E-state index contributed by atoms with van der Waals surface area (Å²) in [5.74, 6) is -0.618. The molecule has 0 heterocycles. The van der Waals surface area contributed by atoms with Crippen molar-refractivity contribution in [1.82, 2.24) is 5.32 Å². The van der Waals surface area contributed by atoms with Gasteiger partial charge >= 0.3 is 5.97 Å². The van der Waals surface area contributed by atoms with Crippen molar-refractivity contribution in [3.05, 3.63) is 0 Å². The van der Waals surface area contributed by atoms with Gasteiger partial charge in [0.1, 0.15) is 6.29 Å². The van der Waals surface area contributed by atoms with E-state index >= 15 is 0 Å². The number of ether oxygens (including phenoxy) is 1. The number of nitrogens with one attached hydrogen (secondary N) is 1. The highest BCUT2D eigenvalue weighted by atomic mass is 16.5. The molecule has 0 rings (SSSR count). The predicted molar refractivity (Wildman–Crippen MR) is 119 cm³/mol. The van der Waals surface area contributed by atoms with Crippen molar-refractivity contribution >= 4 is 18.2 Å². The van der Waals surface area contributed by atoms with Crippen molar-refractivity contribution in [2.75, 3.05) is 13.2 Å². The number of carbonyl (C=O) groups excluding carboxylic acids is 3. The van der Waals surface area contributed by atoms with Crippen LogP contribution < -0.4 is 5.32 Å². The molecule has 0 radical (unpaired) electrons. The Balaban J connectivity index is 4.43. The lowest BCUT2D eigenvalue weighted by Gasteiger charge is -2.34. The molecule has 5 heteroatoms. The third kappa shape index (κ3) is 13.5. The maximum Gasteiger partial charge on any atom is 0.306 e. The summed E-state index contributed by atoms with van der Waals surface area (Å²) < 4.78 is 5.22. The molecule has 1 N–H and O–H groups in total. The molecular weight excluding hydrogens is 366 g/mol. The smallest absolute Gasteiger partial charge is 0.306 e. The average Bonchev–Trinajstić information content (AvgIpc) is 2.47. The lowest BCUT2D eigenvalue weighted by molar-refractivity contribution is -0.151. The topological polar surface area (TPSA) is 72.5 Å². The quantitative estimate of drug-likeness (QED) is 0.310. The Kier molecular flexibility index (Phi) is 10.6. The Morgan fingerprint density at radius 2 is 1.41 bits per heavy atom. The molecule has 0 saturated carbocycles. The summed E-state index contributed by atoms with van der Waals surface area (Å²) in [6, 6.07) is 0. The van der Waals surface area contributed by atoms with Crippen LogP contribution in [0.4, 0.5) is 0 Å². The molecule has 0 aliphatic carbocycles. The molecule has 29 heavy (non-hydrogen) atoms. The monoisotopic (exact) mass is 411 g/mol. The molecule has 0 saturated heterocycles. The van der Waals surface area contributed by atoms with E-state index < -0.39 is 0 Å². The van der Waals surface area contributed by atoms with Gasteiger partial charge in [0.2, 0.25) is 0 Å². The van der Waals surface area contributed by atoms with Gasteiger partial charge in [-0.15, -0.1) is 0 Å². The zero-order valence-corrected chi connectivity index (χ0v) is 20.4. The highest BCUT2D eigenvalue weighted by Crippen LogP contribution is 2.39. The molecule has 0 aliphatic rings. The summed E-state index contributed by atoms with van der Waals surface area (Å²) in [4.78, 5) is 35.2. The minimum Gasteiger partial charge on any atom is -0.456 e. The standard InChI is InChI=1S/C24H45NO4/c1-10-11-21(2,3)16-23(6,7)14-20(28)29-15-19(27)25-18-24(8,9)17-22(4,5)12-13-26/h13H,10-12,14-18H2,1-9H3,(H,25,27). The molecule has 0 fully saturated rings. The van der Waals surface area contributed by atoms with E-state index in [1.807, 2.05) is 0 Å². The van der Waals surface area contributed by atoms with E-state index in [1.165, 1.54) is 0 Å². The maximum absolute atomic E-state index is 12.2. The van der Waals surface area contributed by atoms with Crippen molar-refractivity contribution in [2.45, 2.75) is 101 Å². The van der Waals surface area contributed by atoms with Crippen molar-refractivity contribution < 1.29 is 19.1 Å². The van der Waals surface area contributed by atoms with E-state index in [0.29, 0.717) is 19.4 Å². The van der Waals surface area contributed by atoms with Crippen LogP contribution in [0.15, 0.2) is 0 Å². The first-order valence-corrected chi connectivity index (χ1v) is 10.9. The summed E-state index contributed by atoms with van der Waals surface area (Å²) in [7, 11) is 0. The SMILES string of the molecule is CCCC(C)(C)CC(C)(C)CC(=O)OCC(=O)NCC(C)(C)CC(C)(C)CC=O. The van der Waals surface area contributed by atoms with E-state index in [4.69, 9.17) is 4.74 Å². The summed E-state index contributed by atoms with van der Waals surface area (Å²) in [5.41, 5.74) is -0.254. The third-order valence-corrected chi connectivity index (χ3v) is 5.23. The van der Waals surface area contributed by atoms with E-state index in [1.54, 1.807) is 0 Å². The van der Waals surface area contributed by atoms with Crippen LogP contribution in [0.1, 0.15) is 101 Å². The lowest BCUT2D eigenvalue weighted by atomic mass is 9.71. The van der Waals surface area contributed by atoms with Gasteiger partial charge in [0.15, 0.2) is 6.61 Å². The fourth-order valence-electron chi connectivity index (χ4n) is 4.76. The summed E-state index contributed by atoms with van der Waals surface area (Å²) >= 11 is 0. The minimum absolute atomic E-state index is 0.112. The second-order valence-electron chi connectivity index (χ2n) is 11.7. The first-order valence-electron chi connectivity index (χ1n) is 10.9. The largest absolute Gasteiger partial charge is 0.456 e. The van der Waals surface area contributed by atoms with Crippen LogP contribution in [0.25, 0.3) is 0 Å². The Bertz CT molecular complexity index is 547. The maximum atomic E-state index is 12.2. The first kappa shape index (κ1) is 27.6. The normalized spacial score (nSPS) is 13.1. The second kappa shape index (κ2) is 11.1. The molecule has 1 amide bonds. The molecule has 0 aromatic rings. The van der Waals surface area contributed by atoms with Crippen molar-refractivity contribution in [2.24, 2.45) is 21.7 Å². The fraction of sp³-hybridized carbons (Fsp3) is 0.875. The number of aldehydes is 1. The van der Waals surface area contributed by atoms with Crippen molar-refractivity contribution in [3.63, 3.8) is 0 Å². The molecule has 0 aromatic carbocycles. The second-order valence-corrected chi connectivity index (χ2v) is 11.7. The van der Waals surface area contributed by atoms with Crippen molar-refractivity contribution in [1.29, 1.82) is 0 Å². The van der Waals surface area contributed by atoms with Crippen LogP contribution in [-0.2, 0) is 19.1 Å². The molecule has 0 unspecified atom stereocenters. The summed E-state index contributed by atoms with van der Waals surface area (Å²) in [6.07, 6.45) is 5.72. The van der Waals surface area contributed by atoms with E-state index in [0.717, 1.165) is 32.0 Å². The van der Waals surface area contributed by atoms with Crippen LogP contribution in [0, 0.1) is 21.7 Å². The van der Waals surface area contributed by atoms with Crippen LogP contribution in [0.2, 0.25) is 0 Å². The Hall–Kier alpha value is -1.39. The average molecular weight is 412 g/mol. The summed E-state index contributed by atoms with van der Waals surface area (Å²) in [5, 5.41) is 2.86. The zero-order chi connectivity index (χ0) is 22.9. The highest BCUT2D eigenvalue weighted by Gasteiger charge is 2.31. The van der Waals surface area contributed by atoms with Crippen LogP contribution in [0.3, 0.4) is 0 Å². The molecular formula is C24H45NO4. The van der Waals surface area contributed by atoms with Crippen molar-refractivity contribution in [3.8, 4) is 0 Å². The van der Waals surface area contributed by atoms with Gasteiger partial charge in [-0.25, -0.2) is 0 Å². The molecule has 0 bridgehead atoms. The molecule has 0 atom stereocenters. The Morgan fingerprint density at radius 1 is 0.862 bits per heavy atom. The van der Waals surface area contributed by atoms with Gasteiger partial charge in [-0.1, -0.05) is 68.7 Å². The predicted octanol–water partition coefficient (Wildman–Crippen LogP) is 5.31. The number of carbonyl (C=O) groups is 3. The van der Waals surface area contributed by atoms with Gasteiger partial charge in [0.05, 0.1) is 6.42 Å². The number of hydrogen-bond acceptors (Lipinski definition) is 4. The Labute approximate surface area is 178 Å². The van der Waals surface area contributed by atoms with E-state index in [2.05, 4.69) is 67.6 Å². The molecule has 5 nitrogen and oxygen atoms in total. The first-order chi connectivity index (χ1) is 13.0. The third-order valence-electron chi connectivity index (χ3n) is 5.23. The molecule has 0 aliphatic heterocycles. The van der Waals surface area contributed by atoms with Gasteiger partial charge in [-0.2, -0.15) is 0 Å². The molecule has 0 aromatic heterocycles. The number of hydrogen-bond donors (Lipinski definition) is 1. The van der Waals surface area contributed by atoms with Gasteiger partial charge in [-0.05, 0) is 40.9 Å². The van der Waals surface area contributed by atoms with Crippen LogP contribution in [-0.4, -0.2) is 31.3 Å². The van der Waals surface area contributed by atoms with Gasteiger partial charge in [0, 0.05) is 13.0 Å². The zero-order valence-electron chi connectivity index (χ0n) is 20.4. The molecule has 0 spiro atoms. The van der Waals surface area contributed by atoms with Gasteiger partial charge < -0.3 is 14.8 Å². The van der Waals surface area contributed by atoms with Gasteiger partial charge in [-0.3, -0.25) is 9.59 Å². The fourth-order valence-corrected chi connectivity index (χ4v) is 4.76. The van der Waals surface area contributed by atoms with Crippen LogP contribution >= 0.6 is 0 Å². The lowest BCUT2D eigenvalue weighted by Crippen LogP contribution is -2.39. The molecule has 170 valence electrons. The van der Waals surface area contributed by atoms with E-state index in [-0.39, 0.29) is 40.1 Å². The van der Waals surface area contributed by atoms with Crippen LogP contribution in [0.5, 0.6) is 0 Å². The number of rotatable bonds is 14. The Morgan fingerprint density at radius 3 is 1.93 bits per heavy atom. The van der Waals surface area contributed by atoms with E-state index in [9.17, 15) is 14.4 Å². The minimum atomic E-state index is -0.330. The number of esters is 1. The van der Waals surface area contributed by atoms with Gasteiger partial charge in [0.25, 0.3) is 5.91 Å². The number of amides is 1. The summed E-state index contributed by atoms with van der Waals surface area (Å²) in [6.45, 7) is 19.2.